The molecule has 3 aromatic rings. The third kappa shape index (κ3) is 2.32. The summed E-state index contributed by atoms with van der Waals surface area (Å²) >= 11 is 0. The maximum absolute atomic E-state index is 12.5. The van der Waals surface area contributed by atoms with Crippen LogP contribution in [0.25, 0.3) is 11.4 Å². The van der Waals surface area contributed by atoms with Gasteiger partial charge in [0.05, 0.1) is 5.56 Å². The Hall–Kier alpha value is -2.88. The molecule has 0 amide bonds. The number of H-pyrrole nitrogens is 1. The lowest BCUT2D eigenvalue weighted by molar-refractivity contribution is 0.438. The minimum Gasteiger partial charge on any atom is -0.438 e. The molecule has 0 unspecified atom stereocenters. The van der Waals surface area contributed by atoms with Gasteiger partial charge in [-0.1, -0.05) is 42.0 Å². The minimum atomic E-state index is -0.139. The highest BCUT2D eigenvalue weighted by atomic mass is 16.5. The Morgan fingerprint density at radius 2 is 1.96 bits per heavy atom. The van der Waals surface area contributed by atoms with E-state index in [1.54, 1.807) is 0 Å². The van der Waals surface area contributed by atoms with E-state index in [9.17, 15) is 4.79 Å². The van der Waals surface area contributed by atoms with Crippen molar-refractivity contribution >= 4 is 0 Å². The van der Waals surface area contributed by atoms with Crippen molar-refractivity contribution in [2.45, 2.75) is 20.3 Å². The molecule has 1 aromatic heterocycles. The van der Waals surface area contributed by atoms with E-state index >= 15 is 0 Å². The number of nitrogens with one attached hydrogen (secondary N) is 1. The van der Waals surface area contributed by atoms with E-state index in [2.05, 4.69) is 9.97 Å². The molecule has 0 fully saturated rings. The molecule has 0 aliphatic carbocycles. The first-order valence-electron chi connectivity index (χ1n) is 7.58. The van der Waals surface area contributed by atoms with Gasteiger partial charge in [0.15, 0.2) is 0 Å². The molecule has 4 rings (SSSR count). The predicted molar refractivity (Wildman–Crippen MR) is 89.1 cm³/mol. The molecular formula is C19H16N2O2. The van der Waals surface area contributed by atoms with Gasteiger partial charge >= 0.3 is 0 Å². The maximum atomic E-state index is 12.5. The number of nitrogens with zero attached hydrogens (tertiary/aromatic N) is 1. The fourth-order valence-electron chi connectivity index (χ4n) is 2.92. The van der Waals surface area contributed by atoms with Crippen LogP contribution in [0.5, 0.6) is 11.6 Å². The molecule has 4 heteroatoms. The zero-order valence-electron chi connectivity index (χ0n) is 13.0. The van der Waals surface area contributed by atoms with Crippen molar-refractivity contribution in [3.8, 4) is 23.0 Å². The van der Waals surface area contributed by atoms with E-state index in [0.717, 1.165) is 28.0 Å². The monoisotopic (exact) mass is 304 g/mol. The lowest BCUT2D eigenvalue weighted by atomic mass is 10.0. The summed E-state index contributed by atoms with van der Waals surface area (Å²) in [6, 6.07) is 13.8. The molecule has 0 atom stereocenters. The molecule has 0 saturated heterocycles. The molecular weight excluding hydrogens is 288 g/mol. The van der Waals surface area contributed by atoms with Crippen molar-refractivity contribution in [1.82, 2.24) is 9.97 Å². The zero-order chi connectivity index (χ0) is 16.0. The van der Waals surface area contributed by atoms with Crippen LogP contribution in [0, 0.1) is 13.8 Å². The van der Waals surface area contributed by atoms with Gasteiger partial charge in [-0.3, -0.25) is 4.79 Å². The molecule has 2 aromatic carbocycles. The Labute approximate surface area is 133 Å². The predicted octanol–water partition coefficient (Wildman–Crippen LogP) is 3.75. The van der Waals surface area contributed by atoms with Gasteiger partial charge in [-0.2, -0.15) is 4.98 Å². The molecule has 0 saturated carbocycles. The lowest BCUT2D eigenvalue weighted by Gasteiger charge is -2.19. The highest BCUT2D eigenvalue weighted by Crippen LogP contribution is 2.34. The van der Waals surface area contributed by atoms with Gasteiger partial charge in [-0.15, -0.1) is 0 Å². The molecule has 1 aliphatic heterocycles. The molecule has 0 bridgehead atoms. The number of hydrogen-bond donors (Lipinski definition) is 1. The highest BCUT2D eigenvalue weighted by molar-refractivity contribution is 5.61. The minimum absolute atomic E-state index is 0.139. The number of benzene rings is 2. The standard InChI is InChI=1S/C19H16N2O2/c1-11-7-8-16-13(9-11)10-15-18(22)20-17(21-19(15)23-16)14-6-4-3-5-12(14)2/h3-9H,10H2,1-2H3,(H,20,21,22). The van der Waals surface area contributed by atoms with Crippen LogP contribution in [-0.4, -0.2) is 9.97 Å². The second kappa shape index (κ2) is 5.09. The van der Waals surface area contributed by atoms with Crippen molar-refractivity contribution in [2.75, 3.05) is 0 Å². The number of rotatable bonds is 1. The van der Waals surface area contributed by atoms with Gasteiger partial charge < -0.3 is 9.72 Å². The summed E-state index contributed by atoms with van der Waals surface area (Å²) in [6.45, 7) is 4.02. The first-order valence-corrected chi connectivity index (χ1v) is 7.58. The number of ether oxygens (including phenoxy) is 1. The summed E-state index contributed by atoms with van der Waals surface area (Å²) in [5.74, 6) is 1.72. The van der Waals surface area contributed by atoms with Crippen LogP contribution in [-0.2, 0) is 6.42 Å². The van der Waals surface area contributed by atoms with Crippen LogP contribution in [0.4, 0.5) is 0 Å². The maximum Gasteiger partial charge on any atom is 0.258 e. The van der Waals surface area contributed by atoms with Crippen molar-refractivity contribution < 1.29 is 4.74 Å². The van der Waals surface area contributed by atoms with E-state index < -0.39 is 0 Å². The molecule has 1 N–H and O–H groups in total. The first-order chi connectivity index (χ1) is 11.1. The highest BCUT2D eigenvalue weighted by Gasteiger charge is 2.22. The van der Waals surface area contributed by atoms with Crippen molar-refractivity contribution in [1.29, 1.82) is 0 Å². The van der Waals surface area contributed by atoms with Gasteiger partial charge in [-0.25, -0.2) is 0 Å². The largest absolute Gasteiger partial charge is 0.438 e. The van der Waals surface area contributed by atoms with Crippen molar-refractivity contribution in [2.24, 2.45) is 0 Å². The Bertz CT molecular complexity index is 973. The normalized spacial score (nSPS) is 12.3. The summed E-state index contributed by atoms with van der Waals surface area (Å²) in [4.78, 5) is 19.9. The van der Waals surface area contributed by atoms with Gasteiger partial charge in [0.2, 0.25) is 5.88 Å². The summed E-state index contributed by atoms with van der Waals surface area (Å²) in [5.41, 5.74) is 4.58. The fourth-order valence-corrected chi connectivity index (χ4v) is 2.92. The summed E-state index contributed by atoms with van der Waals surface area (Å²) in [5, 5.41) is 0. The number of aromatic nitrogens is 2. The van der Waals surface area contributed by atoms with E-state index in [1.165, 1.54) is 0 Å². The Morgan fingerprint density at radius 1 is 1.13 bits per heavy atom. The van der Waals surface area contributed by atoms with Crippen LogP contribution < -0.4 is 10.3 Å². The molecule has 2 heterocycles. The van der Waals surface area contributed by atoms with Crippen LogP contribution in [0.2, 0.25) is 0 Å². The van der Waals surface area contributed by atoms with E-state index in [0.29, 0.717) is 23.7 Å². The first kappa shape index (κ1) is 13.8. The van der Waals surface area contributed by atoms with Crippen molar-refractivity contribution in [3.05, 3.63) is 75.1 Å². The molecule has 1 aliphatic rings. The number of aryl methyl sites for hydroxylation is 2. The van der Waals surface area contributed by atoms with Crippen LogP contribution >= 0.6 is 0 Å². The van der Waals surface area contributed by atoms with E-state index in [-0.39, 0.29) is 5.56 Å². The molecule has 0 spiro atoms. The third-order valence-corrected chi connectivity index (χ3v) is 4.17. The number of aromatic amines is 1. The van der Waals surface area contributed by atoms with Crippen LogP contribution in [0.3, 0.4) is 0 Å². The Balaban J connectivity index is 1.85. The molecule has 23 heavy (non-hydrogen) atoms. The van der Waals surface area contributed by atoms with Crippen molar-refractivity contribution in [3.63, 3.8) is 0 Å². The molecule has 114 valence electrons. The second-order valence-electron chi connectivity index (χ2n) is 5.90. The summed E-state index contributed by atoms with van der Waals surface area (Å²) < 4.78 is 5.88. The lowest BCUT2D eigenvalue weighted by Crippen LogP contribution is -2.20. The summed E-state index contributed by atoms with van der Waals surface area (Å²) in [6.07, 6.45) is 0.544. The SMILES string of the molecule is Cc1ccc2c(c1)Cc1c(nc(-c3ccccc3C)[nH]c1=O)O2. The van der Waals surface area contributed by atoms with Gasteiger partial charge in [0.25, 0.3) is 5.56 Å². The van der Waals surface area contributed by atoms with Gasteiger partial charge in [-0.05, 0) is 31.0 Å². The number of hydrogen-bond acceptors (Lipinski definition) is 3. The van der Waals surface area contributed by atoms with Gasteiger partial charge in [0, 0.05) is 12.0 Å². The quantitative estimate of drug-likeness (QED) is 0.582. The van der Waals surface area contributed by atoms with E-state index in [4.69, 9.17) is 4.74 Å². The topological polar surface area (TPSA) is 55.0 Å². The van der Waals surface area contributed by atoms with E-state index in [1.807, 2.05) is 56.3 Å². The Morgan fingerprint density at radius 3 is 2.78 bits per heavy atom. The average Bonchev–Trinajstić information content (AvgIpc) is 2.54. The van der Waals surface area contributed by atoms with Crippen LogP contribution in [0.15, 0.2) is 47.3 Å². The third-order valence-electron chi connectivity index (χ3n) is 4.17. The molecule has 4 nitrogen and oxygen atoms in total. The zero-order valence-corrected chi connectivity index (χ0v) is 13.0. The number of fused-ring (bicyclic) bond motifs is 2. The fraction of sp³-hybridized carbons (Fsp3) is 0.158. The van der Waals surface area contributed by atoms with Crippen LogP contribution in [0.1, 0.15) is 22.3 Å². The Kier molecular flexibility index (Phi) is 3.05. The smallest absolute Gasteiger partial charge is 0.258 e. The second-order valence-corrected chi connectivity index (χ2v) is 5.90. The van der Waals surface area contributed by atoms with Gasteiger partial charge in [0.1, 0.15) is 11.6 Å². The average molecular weight is 304 g/mol. The molecule has 0 radical (unpaired) electrons. The summed E-state index contributed by atoms with van der Waals surface area (Å²) in [7, 11) is 0.